The van der Waals surface area contributed by atoms with Crippen LogP contribution in [0, 0.1) is 5.92 Å². The zero-order valence-electron chi connectivity index (χ0n) is 13.5. The highest BCUT2D eigenvalue weighted by atomic mass is 79.9. The fourth-order valence-electron chi connectivity index (χ4n) is 3.21. The number of alkyl halides is 1. The fraction of sp³-hybridized carbons (Fsp3) is 0.182. The second-order valence-corrected chi connectivity index (χ2v) is 7.15. The summed E-state index contributed by atoms with van der Waals surface area (Å²) in [6.07, 6.45) is 8.56. The Kier molecular flexibility index (Phi) is 6.12. The molecule has 0 N–H and O–H groups in total. The Morgan fingerprint density at radius 1 is 0.958 bits per heavy atom. The summed E-state index contributed by atoms with van der Waals surface area (Å²) in [6.45, 7) is 0. The molecule has 0 fully saturated rings. The summed E-state index contributed by atoms with van der Waals surface area (Å²) < 4.78 is 1.16. The van der Waals surface area contributed by atoms with Crippen molar-refractivity contribution in [3.8, 4) is 0 Å². The topological polar surface area (TPSA) is 0 Å². The summed E-state index contributed by atoms with van der Waals surface area (Å²) >= 11 is 9.74. The van der Waals surface area contributed by atoms with E-state index in [0.29, 0.717) is 11.8 Å². The second-order valence-electron chi connectivity index (χ2n) is 5.85. The van der Waals surface area contributed by atoms with Gasteiger partial charge in [0.15, 0.2) is 0 Å². The minimum atomic E-state index is 0.368. The standard InChI is InChI=1S/C22H20BrCl/c23-20-13-11-19(12-14-20)22(18-9-5-2-6-10-18)21(15-16-24)17-7-3-1-4-8-17/h1-11,13-14,19H,12,15-16H2. The van der Waals surface area contributed by atoms with Crippen LogP contribution in [-0.2, 0) is 0 Å². The van der Waals surface area contributed by atoms with E-state index in [0.717, 1.165) is 17.3 Å². The maximum Gasteiger partial charge on any atom is 0.0264 e. The highest BCUT2D eigenvalue weighted by Gasteiger charge is 2.20. The molecule has 2 aromatic rings. The van der Waals surface area contributed by atoms with Crippen molar-refractivity contribution in [3.63, 3.8) is 0 Å². The first-order valence-corrected chi connectivity index (χ1v) is 9.56. The van der Waals surface area contributed by atoms with E-state index in [4.69, 9.17) is 11.6 Å². The van der Waals surface area contributed by atoms with Crippen LogP contribution < -0.4 is 0 Å². The average Bonchev–Trinajstić information content (AvgIpc) is 2.64. The van der Waals surface area contributed by atoms with Gasteiger partial charge in [-0.15, -0.1) is 11.6 Å². The van der Waals surface area contributed by atoms with E-state index >= 15 is 0 Å². The molecule has 0 amide bonds. The lowest BCUT2D eigenvalue weighted by molar-refractivity contribution is 0.840. The first-order chi connectivity index (χ1) is 11.8. The molecule has 1 atom stereocenters. The van der Waals surface area contributed by atoms with Crippen LogP contribution in [-0.4, -0.2) is 5.88 Å². The van der Waals surface area contributed by atoms with Crippen molar-refractivity contribution in [1.82, 2.24) is 0 Å². The summed E-state index contributed by atoms with van der Waals surface area (Å²) in [7, 11) is 0. The highest BCUT2D eigenvalue weighted by Crippen LogP contribution is 2.39. The van der Waals surface area contributed by atoms with Gasteiger partial charge in [0.25, 0.3) is 0 Å². The lowest BCUT2D eigenvalue weighted by Gasteiger charge is -2.24. The monoisotopic (exact) mass is 398 g/mol. The van der Waals surface area contributed by atoms with Crippen LogP contribution >= 0.6 is 27.5 Å². The van der Waals surface area contributed by atoms with E-state index in [1.807, 2.05) is 0 Å². The van der Waals surface area contributed by atoms with Crippen molar-refractivity contribution < 1.29 is 0 Å². The third kappa shape index (κ3) is 4.09. The van der Waals surface area contributed by atoms with Gasteiger partial charge in [0.1, 0.15) is 0 Å². The molecule has 0 nitrogen and oxygen atoms in total. The lowest BCUT2D eigenvalue weighted by Crippen LogP contribution is -2.06. The number of allylic oxidation sites excluding steroid dienone is 6. The van der Waals surface area contributed by atoms with Crippen LogP contribution in [0.4, 0.5) is 0 Å². The minimum absolute atomic E-state index is 0.368. The Labute approximate surface area is 157 Å². The van der Waals surface area contributed by atoms with E-state index in [1.54, 1.807) is 0 Å². The van der Waals surface area contributed by atoms with Gasteiger partial charge < -0.3 is 0 Å². The Morgan fingerprint density at radius 2 is 1.58 bits per heavy atom. The molecule has 122 valence electrons. The Balaban J connectivity index is 2.16. The third-order valence-electron chi connectivity index (χ3n) is 4.30. The smallest absolute Gasteiger partial charge is 0.0264 e. The summed E-state index contributed by atoms with van der Waals surface area (Å²) in [5.74, 6) is 0.989. The molecule has 0 spiro atoms. The predicted molar refractivity (Wildman–Crippen MR) is 109 cm³/mol. The van der Waals surface area contributed by atoms with Gasteiger partial charge in [-0.1, -0.05) is 94.8 Å². The number of hydrogen-bond acceptors (Lipinski definition) is 0. The van der Waals surface area contributed by atoms with E-state index in [2.05, 4.69) is 94.8 Å². The highest BCUT2D eigenvalue weighted by molar-refractivity contribution is 9.11. The Morgan fingerprint density at radius 3 is 2.12 bits per heavy atom. The van der Waals surface area contributed by atoms with Crippen molar-refractivity contribution in [2.24, 2.45) is 5.92 Å². The van der Waals surface area contributed by atoms with Gasteiger partial charge >= 0.3 is 0 Å². The largest absolute Gasteiger partial charge is 0.126 e. The van der Waals surface area contributed by atoms with E-state index < -0.39 is 0 Å². The summed E-state index contributed by atoms with van der Waals surface area (Å²) in [5.41, 5.74) is 5.27. The van der Waals surface area contributed by atoms with Crippen LogP contribution in [0.15, 0.2) is 83.4 Å². The number of rotatable bonds is 5. The van der Waals surface area contributed by atoms with E-state index in [9.17, 15) is 0 Å². The molecule has 0 saturated heterocycles. The zero-order valence-corrected chi connectivity index (χ0v) is 15.8. The van der Waals surface area contributed by atoms with Crippen LogP contribution in [0.2, 0.25) is 0 Å². The Hall–Kier alpha value is -1.57. The minimum Gasteiger partial charge on any atom is -0.126 e. The molecule has 2 aromatic carbocycles. The van der Waals surface area contributed by atoms with Crippen LogP contribution in [0.25, 0.3) is 11.1 Å². The van der Waals surface area contributed by atoms with Gasteiger partial charge in [-0.25, -0.2) is 0 Å². The molecule has 0 bridgehead atoms. The molecule has 24 heavy (non-hydrogen) atoms. The first-order valence-electron chi connectivity index (χ1n) is 8.23. The molecule has 1 aliphatic carbocycles. The third-order valence-corrected chi connectivity index (χ3v) is 5.08. The first kappa shape index (κ1) is 17.3. The average molecular weight is 400 g/mol. The maximum absolute atomic E-state index is 6.17. The summed E-state index contributed by atoms with van der Waals surface area (Å²) in [5, 5.41) is 0. The number of benzene rings is 2. The van der Waals surface area contributed by atoms with Crippen molar-refractivity contribution in [2.45, 2.75) is 12.8 Å². The molecular formula is C22H20BrCl. The zero-order chi connectivity index (χ0) is 16.8. The van der Waals surface area contributed by atoms with Gasteiger partial charge in [-0.2, -0.15) is 0 Å². The van der Waals surface area contributed by atoms with Crippen LogP contribution in [0.1, 0.15) is 24.0 Å². The van der Waals surface area contributed by atoms with Gasteiger partial charge in [0.05, 0.1) is 0 Å². The van der Waals surface area contributed by atoms with Gasteiger partial charge in [-0.05, 0) is 35.1 Å². The van der Waals surface area contributed by atoms with Crippen LogP contribution in [0.3, 0.4) is 0 Å². The molecule has 0 saturated carbocycles. The molecule has 1 aliphatic rings. The van der Waals surface area contributed by atoms with Crippen molar-refractivity contribution in [2.75, 3.05) is 5.88 Å². The fourth-order valence-corrected chi connectivity index (χ4v) is 3.73. The molecule has 1 unspecified atom stereocenters. The molecule has 0 aromatic heterocycles. The van der Waals surface area contributed by atoms with Crippen molar-refractivity contribution in [3.05, 3.63) is 94.5 Å². The molecule has 3 rings (SSSR count). The maximum atomic E-state index is 6.17. The number of halogens is 2. The SMILES string of the molecule is ClCCC(=C(c1ccccc1)C1C=CC(Br)=CC1)c1ccccc1. The molecule has 0 aliphatic heterocycles. The molecular weight excluding hydrogens is 380 g/mol. The molecule has 2 heteroatoms. The summed E-state index contributed by atoms with van der Waals surface area (Å²) in [4.78, 5) is 0. The Bertz CT molecular complexity index is 757. The number of hydrogen-bond donors (Lipinski definition) is 0. The lowest BCUT2D eigenvalue weighted by atomic mass is 9.81. The van der Waals surface area contributed by atoms with Gasteiger partial charge in [0, 0.05) is 16.3 Å². The quantitative estimate of drug-likeness (QED) is 0.372. The molecule has 0 radical (unpaired) electrons. The predicted octanol–water partition coefficient (Wildman–Crippen LogP) is 7.08. The van der Waals surface area contributed by atoms with Gasteiger partial charge in [-0.3, -0.25) is 0 Å². The normalized spacial score (nSPS) is 18.1. The van der Waals surface area contributed by atoms with Crippen molar-refractivity contribution in [1.29, 1.82) is 0 Å². The summed E-state index contributed by atoms with van der Waals surface area (Å²) in [6, 6.07) is 21.3. The van der Waals surface area contributed by atoms with E-state index in [1.165, 1.54) is 22.3 Å². The van der Waals surface area contributed by atoms with E-state index in [-0.39, 0.29) is 0 Å². The van der Waals surface area contributed by atoms with Crippen molar-refractivity contribution >= 4 is 38.7 Å². The second kappa shape index (κ2) is 8.50. The van der Waals surface area contributed by atoms with Crippen LogP contribution in [0.5, 0.6) is 0 Å². The molecule has 0 heterocycles. The van der Waals surface area contributed by atoms with Gasteiger partial charge in [0.2, 0.25) is 0 Å².